The Labute approximate surface area is 102 Å². The molecule has 1 aromatic rings. The summed E-state index contributed by atoms with van der Waals surface area (Å²) in [5.74, 6) is 0. The maximum Gasteiger partial charge on any atom is 0.161 e. The molecule has 0 unspecified atom stereocenters. The first-order chi connectivity index (χ1) is 7.46. The van der Waals surface area contributed by atoms with Crippen molar-refractivity contribution in [3.8, 4) is 0 Å². The predicted octanol–water partition coefficient (Wildman–Crippen LogP) is 3.60. The number of aryl methyl sites for hydroxylation is 2. The lowest BCUT2D eigenvalue weighted by atomic mass is 10.1. The van der Waals surface area contributed by atoms with E-state index < -0.39 is 0 Å². The number of aliphatic imine (C=N–C) groups is 1. The van der Waals surface area contributed by atoms with Crippen molar-refractivity contribution in [3.63, 3.8) is 0 Å². The zero-order chi connectivity index (χ0) is 11.8. The summed E-state index contributed by atoms with van der Waals surface area (Å²) >= 11 is 1.82. The van der Waals surface area contributed by atoms with E-state index in [4.69, 9.17) is 0 Å². The van der Waals surface area contributed by atoms with Crippen LogP contribution in [0.2, 0.25) is 0 Å². The molecule has 0 spiro atoms. The van der Waals surface area contributed by atoms with E-state index in [1.54, 1.807) is 0 Å². The summed E-state index contributed by atoms with van der Waals surface area (Å²) in [7, 11) is 0. The number of benzene rings is 1. The van der Waals surface area contributed by atoms with Crippen molar-refractivity contribution in [1.82, 2.24) is 0 Å². The molecule has 0 bridgehead atoms. The zero-order valence-corrected chi connectivity index (χ0v) is 11.1. The molecule has 2 nitrogen and oxygen atoms in total. The van der Waals surface area contributed by atoms with Gasteiger partial charge in [0.15, 0.2) is 5.17 Å². The Morgan fingerprint density at radius 3 is 2.69 bits per heavy atom. The quantitative estimate of drug-likeness (QED) is 0.803. The lowest BCUT2D eigenvalue weighted by Crippen LogP contribution is -2.16. The Kier molecular flexibility index (Phi) is 2.98. The van der Waals surface area contributed by atoms with E-state index in [1.165, 1.54) is 16.8 Å². The molecule has 0 saturated heterocycles. The maximum absolute atomic E-state index is 4.52. The number of nitrogens with one attached hydrogen (secondary N) is 1. The minimum absolute atomic E-state index is 0.236. The van der Waals surface area contributed by atoms with E-state index in [0.717, 1.165) is 11.7 Å². The van der Waals surface area contributed by atoms with Crippen LogP contribution in [-0.4, -0.2) is 16.5 Å². The standard InChI is InChI=1S/C13H18N2S/c1-9-5-6-10(2)11(7-9)15-12-14-8-13(3,4)16-12/h5-7H,8H2,1-4H3,(H,14,15). The molecule has 1 aromatic carbocycles. The molecule has 1 aliphatic heterocycles. The summed E-state index contributed by atoms with van der Waals surface area (Å²) in [5, 5.41) is 4.46. The van der Waals surface area contributed by atoms with Crippen molar-refractivity contribution in [2.75, 3.05) is 11.9 Å². The predicted molar refractivity (Wildman–Crippen MR) is 73.5 cm³/mol. The normalized spacial score (nSPS) is 18.4. The van der Waals surface area contributed by atoms with Crippen LogP contribution >= 0.6 is 11.8 Å². The SMILES string of the molecule is Cc1ccc(C)c(NC2=NCC(C)(C)S2)c1. The highest BCUT2D eigenvalue weighted by Crippen LogP contribution is 2.32. The van der Waals surface area contributed by atoms with Crippen LogP contribution in [0.15, 0.2) is 23.2 Å². The van der Waals surface area contributed by atoms with Crippen LogP contribution in [0, 0.1) is 13.8 Å². The maximum atomic E-state index is 4.52. The third-order valence-electron chi connectivity index (χ3n) is 2.61. The average molecular weight is 234 g/mol. The number of hydrogen-bond donors (Lipinski definition) is 1. The highest BCUT2D eigenvalue weighted by molar-refractivity contribution is 8.15. The number of thioether (sulfide) groups is 1. The van der Waals surface area contributed by atoms with E-state index >= 15 is 0 Å². The fourth-order valence-electron chi connectivity index (χ4n) is 1.64. The number of anilines is 1. The smallest absolute Gasteiger partial charge is 0.161 e. The zero-order valence-electron chi connectivity index (χ0n) is 10.3. The van der Waals surface area contributed by atoms with Gasteiger partial charge in [-0.1, -0.05) is 23.9 Å². The minimum atomic E-state index is 0.236. The fourth-order valence-corrected chi connectivity index (χ4v) is 2.58. The summed E-state index contributed by atoms with van der Waals surface area (Å²) in [6.07, 6.45) is 0. The molecule has 0 amide bonds. The van der Waals surface area contributed by atoms with Gasteiger partial charge in [-0.15, -0.1) is 0 Å². The van der Waals surface area contributed by atoms with Gasteiger partial charge >= 0.3 is 0 Å². The van der Waals surface area contributed by atoms with Gasteiger partial charge in [0.1, 0.15) is 0 Å². The van der Waals surface area contributed by atoms with Crippen LogP contribution < -0.4 is 5.32 Å². The number of rotatable bonds is 1. The molecule has 0 radical (unpaired) electrons. The third kappa shape index (κ3) is 2.59. The molecule has 16 heavy (non-hydrogen) atoms. The number of nitrogens with zero attached hydrogens (tertiary/aromatic N) is 1. The van der Waals surface area contributed by atoms with E-state index in [-0.39, 0.29) is 4.75 Å². The average Bonchev–Trinajstić information content (AvgIpc) is 2.52. The first-order valence-electron chi connectivity index (χ1n) is 5.54. The number of hydrogen-bond acceptors (Lipinski definition) is 3. The summed E-state index contributed by atoms with van der Waals surface area (Å²) in [6, 6.07) is 6.45. The highest BCUT2D eigenvalue weighted by atomic mass is 32.2. The summed E-state index contributed by atoms with van der Waals surface area (Å²) in [6.45, 7) is 9.56. The van der Waals surface area contributed by atoms with Crippen molar-refractivity contribution >= 4 is 22.6 Å². The summed E-state index contributed by atoms with van der Waals surface area (Å²) in [5.41, 5.74) is 3.71. The third-order valence-corrected chi connectivity index (χ3v) is 3.72. The molecule has 1 aliphatic rings. The highest BCUT2D eigenvalue weighted by Gasteiger charge is 2.27. The monoisotopic (exact) mass is 234 g/mol. The Hall–Kier alpha value is -0.960. The van der Waals surface area contributed by atoms with Gasteiger partial charge in [-0.2, -0.15) is 0 Å². The lowest BCUT2D eigenvalue weighted by Gasteiger charge is -2.15. The topological polar surface area (TPSA) is 24.4 Å². The second-order valence-corrected chi connectivity index (χ2v) is 6.62. The largest absolute Gasteiger partial charge is 0.335 e. The van der Waals surface area contributed by atoms with Crippen LogP contribution in [0.3, 0.4) is 0 Å². The van der Waals surface area contributed by atoms with Crippen LogP contribution in [-0.2, 0) is 0 Å². The van der Waals surface area contributed by atoms with E-state index in [0.29, 0.717) is 0 Å². The first-order valence-corrected chi connectivity index (χ1v) is 6.36. The molecular weight excluding hydrogens is 216 g/mol. The van der Waals surface area contributed by atoms with E-state index in [9.17, 15) is 0 Å². The van der Waals surface area contributed by atoms with Crippen LogP contribution in [0.5, 0.6) is 0 Å². The molecule has 0 atom stereocenters. The van der Waals surface area contributed by atoms with Gasteiger partial charge < -0.3 is 5.32 Å². The van der Waals surface area contributed by atoms with Gasteiger partial charge in [-0.25, -0.2) is 0 Å². The fraction of sp³-hybridized carbons (Fsp3) is 0.462. The molecular formula is C13H18N2S. The molecule has 86 valence electrons. The van der Waals surface area contributed by atoms with Crippen molar-refractivity contribution < 1.29 is 0 Å². The van der Waals surface area contributed by atoms with Gasteiger partial charge in [-0.3, -0.25) is 4.99 Å². The molecule has 0 saturated carbocycles. The molecule has 1 N–H and O–H groups in total. The van der Waals surface area contributed by atoms with Gasteiger partial charge in [-0.05, 0) is 44.9 Å². The summed E-state index contributed by atoms with van der Waals surface area (Å²) < 4.78 is 0.236. The Morgan fingerprint density at radius 2 is 2.06 bits per heavy atom. The molecule has 1 heterocycles. The second-order valence-electron chi connectivity index (χ2n) is 4.93. The lowest BCUT2D eigenvalue weighted by molar-refractivity contribution is 0.741. The molecule has 0 aromatic heterocycles. The van der Waals surface area contributed by atoms with Crippen molar-refractivity contribution in [3.05, 3.63) is 29.3 Å². The van der Waals surface area contributed by atoms with E-state index in [2.05, 4.69) is 56.2 Å². The van der Waals surface area contributed by atoms with E-state index in [1.807, 2.05) is 11.8 Å². The van der Waals surface area contributed by atoms with Gasteiger partial charge in [0.25, 0.3) is 0 Å². The Morgan fingerprint density at radius 1 is 1.31 bits per heavy atom. The second kappa shape index (κ2) is 4.13. The number of amidine groups is 1. The molecule has 0 fully saturated rings. The minimum Gasteiger partial charge on any atom is -0.335 e. The van der Waals surface area contributed by atoms with Gasteiger partial charge in [0.05, 0.1) is 6.54 Å². The Balaban J connectivity index is 2.13. The molecule has 3 heteroatoms. The first kappa shape index (κ1) is 11.5. The van der Waals surface area contributed by atoms with Crippen molar-refractivity contribution in [1.29, 1.82) is 0 Å². The van der Waals surface area contributed by atoms with Crippen LogP contribution in [0.1, 0.15) is 25.0 Å². The molecule has 2 rings (SSSR count). The molecule has 0 aliphatic carbocycles. The summed E-state index contributed by atoms with van der Waals surface area (Å²) in [4.78, 5) is 4.52. The Bertz CT molecular complexity index is 436. The van der Waals surface area contributed by atoms with Crippen molar-refractivity contribution in [2.24, 2.45) is 4.99 Å². The van der Waals surface area contributed by atoms with Crippen molar-refractivity contribution in [2.45, 2.75) is 32.4 Å². The van der Waals surface area contributed by atoms with Crippen LogP contribution in [0.25, 0.3) is 0 Å². The van der Waals surface area contributed by atoms with Crippen LogP contribution in [0.4, 0.5) is 5.69 Å². The van der Waals surface area contributed by atoms with Gasteiger partial charge in [0, 0.05) is 10.4 Å². The van der Waals surface area contributed by atoms with Gasteiger partial charge in [0.2, 0.25) is 0 Å².